The van der Waals surface area contributed by atoms with Crippen LogP contribution in [0.25, 0.3) is 20.8 Å². The first kappa shape index (κ1) is 27.6. The zero-order valence-electron chi connectivity index (χ0n) is 21.8. The first-order valence-corrected chi connectivity index (χ1v) is 15.1. The van der Waals surface area contributed by atoms with E-state index in [1.54, 1.807) is 47.7 Å². The largest absolute Gasteiger partial charge is 0.494 e. The van der Waals surface area contributed by atoms with Crippen molar-refractivity contribution in [2.24, 2.45) is 0 Å². The van der Waals surface area contributed by atoms with Crippen LogP contribution in [-0.2, 0) is 14.8 Å². The zero-order valence-corrected chi connectivity index (χ0v) is 24.2. The fourth-order valence-corrected chi connectivity index (χ4v) is 6.72. The normalized spacial score (nSPS) is 11.4. The van der Waals surface area contributed by atoms with E-state index in [1.165, 1.54) is 29.8 Å². The SMILES string of the molecule is CCOc1ccc(N(CC(=O)Nc2ccc(-c3nc4ccc(C)cc4s3)cc2)S(=O)(=O)c2ccc(Cl)cc2)cc1. The van der Waals surface area contributed by atoms with Crippen LogP contribution in [0.4, 0.5) is 11.4 Å². The summed E-state index contributed by atoms with van der Waals surface area (Å²) in [6.45, 7) is 3.96. The van der Waals surface area contributed by atoms with Crippen molar-refractivity contribution in [2.45, 2.75) is 18.7 Å². The van der Waals surface area contributed by atoms with Gasteiger partial charge in [-0.25, -0.2) is 13.4 Å². The van der Waals surface area contributed by atoms with Gasteiger partial charge in [0.05, 0.1) is 27.4 Å². The molecule has 0 aliphatic carbocycles. The molecule has 0 saturated carbocycles. The van der Waals surface area contributed by atoms with Crippen molar-refractivity contribution in [1.29, 1.82) is 0 Å². The van der Waals surface area contributed by atoms with Gasteiger partial charge in [0.1, 0.15) is 17.3 Å². The minimum absolute atomic E-state index is 0.0222. The molecule has 5 aromatic rings. The number of hydrogen-bond donors (Lipinski definition) is 1. The third kappa shape index (κ3) is 6.12. The van der Waals surface area contributed by atoms with E-state index in [4.69, 9.17) is 21.3 Å². The van der Waals surface area contributed by atoms with Crippen LogP contribution in [0.5, 0.6) is 5.75 Å². The lowest BCUT2D eigenvalue weighted by atomic mass is 10.2. The molecule has 1 aromatic heterocycles. The molecule has 0 bridgehead atoms. The molecule has 0 saturated heterocycles. The minimum atomic E-state index is -4.08. The number of fused-ring (bicyclic) bond motifs is 1. The summed E-state index contributed by atoms with van der Waals surface area (Å²) in [4.78, 5) is 17.9. The number of thiazole rings is 1. The van der Waals surface area contributed by atoms with E-state index in [0.29, 0.717) is 28.8 Å². The maximum absolute atomic E-state index is 13.6. The van der Waals surface area contributed by atoms with Crippen molar-refractivity contribution >= 4 is 60.5 Å². The molecular formula is C30H26ClN3O4S2. The lowest BCUT2D eigenvalue weighted by Crippen LogP contribution is -2.38. The minimum Gasteiger partial charge on any atom is -0.494 e. The number of aryl methyl sites for hydroxylation is 1. The fourth-order valence-electron chi connectivity index (χ4n) is 4.11. The summed E-state index contributed by atoms with van der Waals surface area (Å²) in [6.07, 6.45) is 0. The van der Waals surface area contributed by atoms with Gasteiger partial charge in [-0.15, -0.1) is 11.3 Å². The molecule has 4 aromatic carbocycles. The van der Waals surface area contributed by atoms with Crippen molar-refractivity contribution in [3.05, 3.63) is 102 Å². The maximum atomic E-state index is 13.6. The number of hydrogen-bond acceptors (Lipinski definition) is 6. The lowest BCUT2D eigenvalue weighted by molar-refractivity contribution is -0.114. The molecule has 204 valence electrons. The Morgan fingerprint density at radius 2 is 1.68 bits per heavy atom. The highest BCUT2D eigenvalue weighted by molar-refractivity contribution is 7.92. The Morgan fingerprint density at radius 3 is 2.35 bits per heavy atom. The Bertz CT molecular complexity index is 1750. The lowest BCUT2D eigenvalue weighted by Gasteiger charge is -2.24. The van der Waals surface area contributed by atoms with Crippen molar-refractivity contribution in [1.82, 2.24) is 4.98 Å². The Kier molecular flexibility index (Phi) is 8.07. The molecule has 0 fully saturated rings. The predicted octanol–water partition coefficient (Wildman–Crippen LogP) is 7.16. The molecular weight excluding hydrogens is 566 g/mol. The van der Waals surface area contributed by atoms with Gasteiger partial charge >= 0.3 is 0 Å². The summed E-state index contributed by atoms with van der Waals surface area (Å²) in [5.74, 6) is 0.109. The van der Waals surface area contributed by atoms with Gasteiger partial charge in [0.25, 0.3) is 10.0 Å². The molecule has 0 aliphatic heterocycles. The van der Waals surface area contributed by atoms with E-state index in [2.05, 4.69) is 11.4 Å². The van der Waals surface area contributed by atoms with Gasteiger partial charge in [-0.1, -0.05) is 17.7 Å². The molecule has 1 heterocycles. The van der Waals surface area contributed by atoms with Crippen LogP contribution in [0.3, 0.4) is 0 Å². The molecule has 0 unspecified atom stereocenters. The number of anilines is 2. The number of benzene rings is 4. The smallest absolute Gasteiger partial charge is 0.264 e. The van der Waals surface area contributed by atoms with Crippen LogP contribution in [-0.4, -0.2) is 32.5 Å². The van der Waals surface area contributed by atoms with Gasteiger partial charge in [-0.3, -0.25) is 9.10 Å². The number of halogens is 1. The van der Waals surface area contributed by atoms with Crippen LogP contribution < -0.4 is 14.4 Å². The van der Waals surface area contributed by atoms with Gasteiger partial charge in [-0.05, 0) is 104 Å². The van der Waals surface area contributed by atoms with Crippen molar-refractivity contribution < 1.29 is 17.9 Å². The van der Waals surface area contributed by atoms with Gasteiger partial charge in [0, 0.05) is 16.3 Å². The summed E-state index contributed by atoms with van der Waals surface area (Å²) in [5, 5.41) is 4.11. The van der Waals surface area contributed by atoms with E-state index >= 15 is 0 Å². The molecule has 0 spiro atoms. The predicted molar refractivity (Wildman–Crippen MR) is 162 cm³/mol. The van der Waals surface area contributed by atoms with Gasteiger partial charge in [0.15, 0.2) is 0 Å². The molecule has 0 aliphatic rings. The van der Waals surface area contributed by atoms with E-state index in [1.807, 2.05) is 38.1 Å². The van der Waals surface area contributed by atoms with Crippen LogP contribution >= 0.6 is 22.9 Å². The number of ether oxygens (including phenoxy) is 1. The standard InChI is InChI=1S/C30H26ClN3O4S2/c1-3-38-25-13-11-24(12-14-25)34(40(36,37)26-15-7-22(31)8-16-26)19-29(35)32-23-9-5-21(6-10-23)30-33-27-17-4-20(2)18-28(27)39-30/h4-18H,3,19H2,1-2H3,(H,32,35). The molecule has 7 nitrogen and oxygen atoms in total. The number of carbonyl (C=O) groups excluding carboxylic acids is 1. The van der Waals surface area contributed by atoms with E-state index < -0.39 is 22.5 Å². The molecule has 0 atom stereocenters. The second-order valence-electron chi connectivity index (χ2n) is 9.01. The van der Waals surface area contributed by atoms with Gasteiger partial charge in [-0.2, -0.15) is 0 Å². The van der Waals surface area contributed by atoms with Crippen LogP contribution in [0.1, 0.15) is 12.5 Å². The Morgan fingerprint density at radius 1 is 0.975 bits per heavy atom. The topological polar surface area (TPSA) is 88.6 Å². The summed E-state index contributed by atoms with van der Waals surface area (Å²) < 4.78 is 34.9. The van der Waals surface area contributed by atoms with Crippen LogP contribution in [0.2, 0.25) is 5.02 Å². The second-order valence-corrected chi connectivity index (χ2v) is 12.3. The highest BCUT2D eigenvalue weighted by Gasteiger charge is 2.27. The molecule has 1 N–H and O–H groups in total. The highest BCUT2D eigenvalue weighted by atomic mass is 35.5. The average molecular weight is 592 g/mol. The molecule has 5 rings (SSSR count). The quantitative estimate of drug-likeness (QED) is 0.196. The van der Waals surface area contributed by atoms with E-state index in [-0.39, 0.29) is 4.90 Å². The Balaban J connectivity index is 1.36. The Hall–Kier alpha value is -3.92. The van der Waals surface area contributed by atoms with E-state index in [9.17, 15) is 13.2 Å². The highest BCUT2D eigenvalue weighted by Crippen LogP contribution is 2.32. The second kappa shape index (κ2) is 11.7. The van der Waals surface area contributed by atoms with Crippen LogP contribution in [0.15, 0.2) is 95.9 Å². The third-order valence-corrected chi connectivity index (χ3v) is 9.19. The third-order valence-electron chi connectivity index (χ3n) is 6.08. The van der Waals surface area contributed by atoms with Crippen molar-refractivity contribution in [3.8, 4) is 16.3 Å². The summed E-state index contributed by atoms with van der Waals surface area (Å²) >= 11 is 7.57. The number of nitrogens with one attached hydrogen (secondary N) is 1. The molecule has 1 amide bonds. The van der Waals surface area contributed by atoms with Gasteiger partial charge < -0.3 is 10.1 Å². The number of rotatable bonds is 9. The van der Waals surface area contributed by atoms with E-state index in [0.717, 1.165) is 25.1 Å². The fraction of sp³-hybridized carbons (Fsp3) is 0.133. The molecule has 40 heavy (non-hydrogen) atoms. The van der Waals surface area contributed by atoms with Crippen molar-refractivity contribution in [3.63, 3.8) is 0 Å². The summed E-state index contributed by atoms with van der Waals surface area (Å²) in [7, 11) is -4.08. The summed E-state index contributed by atoms with van der Waals surface area (Å²) in [5.41, 5.74) is 3.92. The number of aromatic nitrogens is 1. The number of sulfonamides is 1. The zero-order chi connectivity index (χ0) is 28.3. The molecule has 10 heteroatoms. The molecule has 0 radical (unpaired) electrons. The number of carbonyl (C=O) groups is 1. The summed E-state index contributed by atoms with van der Waals surface area (Å²) in [6, 6.07) is 25.9. The van der Waals surface area contributed by atoms with Crippen molar-refractivity contribution in [2.75, 3.05) is 22.8 Å². The number of amides is 1. The average Bonchev–Trinajstić information content (AvgIpc) is 3.36. The first-order chi connectivity index (χ1) is 19.2. The maximum Gasteiger partial charge on any atom is 0.264 e. The number of nitrogens with zero attached hydrogens (tertiary/aromatic N) is 2. The first-order valence-electron chi connectivity index (χ1n) is 12.5. The van der Waals surface area contributed by atoms with Gasteiger partial charge in [0.2, 0.25) is 5.91 Å². The van der Waals surface area contributed by atoms with Crippen LogP contribution in [0, 0.1) is 6.92 Å². The Labute approximate surface area is 242 Å². The monoisotopic (exact) mass is 591 g/mol.